The van der Waals surface area contributed by atoms with Crippen LogP contribution in [-0.2, 0) is 14.2 Å². The van der Waals surface area contributed by atoms with Crippen molar-refractivity contribution in [3.63, 3.8) is 0 Å². The van der Waals surface area contributed by atoms with Gasteiger partial charge in [0.25, 0.3) is 0 Å². The second-order valence-electron chi connectivity index (χ2n) is 5.82. The largest absolute Gasteiger partial charge is 0.372 e. The molecule has 0 aromatic heterocycles. The van der Waals surface area contributed by atoms with E-state index in [1.54, 1.807) is 0 Å². The summed E-state index contributed by atoms with van der Waals surface area (Å²) in [7, 11) is 0. The van der Waals surface area contributed by atoms with Gasteiger partial charge in [0.2, 0.25) is 0 Å². The van der Waals surface area contributed by atoms with Crippen LogP contribution in [0.5, 0.6) is 0 Å². The van der Waals surface area contributed by atoms with Crippen molar-refractivity contribution in [1.29, 1.82) is 0 Å². The third-order valence-corrected chi connectivity index (χ3v) is 4.77. The fourth-order valence-electron chi connectivity index (χ4n) is 3.76. The summed E-state index contributed by atoms with van der Waals surface area (Å²) in [6, 6.07) is 0.509. The molecule has 1 aliphatic carbocycles. The SMILES string of the molecule is CCCC1NCCOC12CCC1(CC2)OCCO1. The normalized spacial score (nSPS) is 34.2. The molecule has 1 N–H and O–H groups in total. The first-order valence-electron chi connectivity index (χ1n) is 7.44. The summed E-state index contributed by atoms with van der Waals surface area (Å²) in [5, 5.41) is 3.65. The van der Waals surface area contributed by atoms with Crippen molar-refractivity contribution in [2.45, 2.75) is 62.9 Å². The van der Waals surface area contributed by atoms with Crippen molar-refractivity contribution < 1.29 is 14.2 Å². The highest BCUT2D eigenvalue weighted by atomic mass is 16.7. The van der Waals surface area contributed by atoms with Gasteiger partial charge >= 0.3 is 0 Å². The molecule has 2 aliphatic heterocycles. The molecule has 104 valence electrons. The third kappa shape index (κ3) is 2.20. The number of ether oxygens (including phenoxy) is 3. The highest BCUT2D eigenvalue weighted by Crippen LogP contribution is 2.44. The van der Waals surface area contributed by atoms with Crippen molar-refractivity contribution >= 4 is 0 Å². The lowest BCUT2D eigenvalue weighted by Crippen LogP contribution is -2.61. The predicted molar refractivity (Wildman–Crippen MR) is 68.5 cm³/mol. The van der Waals surface area contributed by atoms with Gasteiger partial charge in [-0.25, -0.2) is 0 Å². The minimum atomic E-state index is -0.275. The second-order valence-corrected chi connectivity index (χ2v) is 5.82. The van der Waals surface area contributed by atoms with Gasteiger partial charge in [0.05, 0.1) is 25.4 Å². The minimum absolute atomic E-state index is 0.0365. The van der Waals surface area contributed by atoms with Crippen LogP contribution in [0.15, 0.2) is 0 Å². The van der Waals surface area contributed by atoms with Crippen molar-refractivity contribution in [3.05, 3.63) is 0 Å². The molecule has 1 unspecified atom stereocenters. The highest BCUT2D eigenvalue weighted by Gasteiger charge is 2.50. The molecule has 2 spiro atoms. The van der Waals surface area contributed by atoms with Gasteiger partial charge in [-0.05, 0) is 19.3 Å². The molecule has 2 heterocycles. The molecule has 3 rings (SSSR count). The fraction of sp³-hybridized carbons (Fsp3) is 1.00. The van der Waals surface area contributed by atoms with E-state index in [4.69, 9.17) is 14.2 Å². The number of rotatable bonds is 2. The van der Waals surface area contributed by atoms with Crippen molar-refractivity contribution in [2.24, 2.45) is 0 Å². The summed E-state index contributed by atoms with van der Waals surface area (Å²) in [5.41, 5.74) is 0.0365. The average molecular weight is 255 g/mol. The molecule has 4 nitrogen and oxygen atoms in total. The van der Waals surface area contributed by atoms with Gasteiger partial charge < -0.3 is 19.5 Å². The Hall–Kier alpha value is -0.160. The maximum absolute atomic E-state index is 6.20. The summed E-state index contributed by atoms with van der Waals surface area (Å²) in [4.78, 5) is 0. The Balaban J connectivity index is 1.67. The highest BCUT2D eigenvalue weighted by molar-refractivity contribution is 5.01. The molecule has 18 heavy (non-hydrogen) atoms. The van der Waals surface area contributed by atoms with E-state index in [-0.39, 0.29) is 11.4 Å². The molecule has 0 radical (unpaired) electrons. The van der Waals surface area contributed by atoms with Crippen LogP contribution in [0.4, 0.5) is 0 Å². The zero-order valence-electron chi connectivity index (χ0n) is 11.4. The second kappa shape index (κ2) is 5.08. The van der Waals surface area contributed by atoms with E-state index in [1.165, 1.54) is 12.8 Å². The number of hydrogen-bond donors (Lipinski definition) is 1. The van der Waals surface area contributed by atoms with Crippen molar-refractivity contribution in [1.82, 2.24) is 5.32 Å². The molecule has 1 atom stereocenters. The molecule has 3 aliphatic rings. The van der Waals surface area contributed by atoms with E-state index in [0.717, 1.165) is 52.0 Å². The van der Waals surface area contributed by atoms with E-state index < -0.39 is 0 Å². The lowest BCUT2D eigenvalue weighted by atomic mass is 9.74. The van der Waals surface area contributed by atoms with Crippen LogP contribution in [-0.4, -0.2) is 43.8 Å². The molecule has 2 saturated heterocycles. The molecule has 0 aromatic rings. The van der Waals surface area contributed by atoms with Crippen LogP contribution in [0.25, 0.3) is 0 Å². The first-order valence-corrected chi connectivity index (χ1v) is 7.44. The molecule has 4 heteroatoms. The van der Waals surface area contributed by atoms with Crippen LogP contribution in [0.2, 0.25) is 0 Å². The Morgan fingerprint density at radius 3 is 2.39 bits per heavy atom. The Morgan fingerprint density at radius 1 is 1.00 bits per heavy atom. The maximum Gasteiger partial charge on any atom is 0.168 e. The van der Waals surface area contributed by atoms with Crippen LogP contribution in [0.3, 0.4) is 0 Å². The Bertz CT molecular complexity index is 277. The van der Waals surface area contributed by atoms with E-state index >= 15 is 0 Å². The minimum Gasteiger partial charge on any atom is -0.372 e. The smallest absolute Gasteiger partial charge is 0.168 e. The Labute approximate surface area is 109 Å². The Kier molecular flexibility index (Phi) is 3.63. The van der Waals surface area contributed by atoms with Gasteiger partial charge in [-0.1, -0.05) is 13.3 Å². The summed E-state index contributed by atoms with van der Waals surface area (Å²) in [5.74, 6) is -0.275. The lowest BCUT2D eigenvalue weighted by Gasteiger charge is -2.50. The van der Waals surface area contributed by atoms with Crippen LogP contribution in [0.1, 0.15) is 45.4 Å². The summed E-state index contributed by atoms with van der Waals surface area (Å²) in [6.45, 7) is 5.59. The van der Waals surface area contributed by atoms with Gasteiger partial charge in [0, 0.05) is 25.4 Å². The van der Waals surface area contributed by atoms with Crippen LogP contribution in [0, 0.1) is 0 Å². The molecule has 0 bridgehead atoms. The molecule has 3 fully saturated rings. The van der Waals surface area contributed by atoms with E-state index in [2.05, 4.69) is 12.2 Å². The molecule has 0 aromatic carbocycles. The molecular weight excluding hydrogens is 230 g/mol. The predicted octanol–water partition coefficient (Wildman–Crippen LogP) is 1.83. The number of morpholine rings is 1. The van der Waals surface area contributed by atoms with Crippen LogP contribution >= 0.6 is 0 Å². The molecular formula is C14H25NO3. The maximum atomic E-state index is 6.20. The first kappa shape index (κ1) is 12.9. The monoisotopic (exact) mass is 255 g/mol. The van der Waals surface area contributed by atoms with Crippen molar-refractivity contribution in [3.8, 4) is 0 Å². The zero-order valence-corrected chi connectivity index (χ0v) is 11.4. The molecule has 1 saturated carbocycles. The standard InChI is InChI=1S/C14H25NO3/c1-2-3-12-13(16-9-8-15-12)4-6-14(7-5-13)17-10-11-18-14/h12,15H,2-11H2,1H3. The summed E-state index contributed by atoms with van der Waals surface area (Å²) in [6.07, 6.45) is 6.49. The van der Waals surface area contributed by atoms with Gasteiger partial charge in [-0.2, -0.15) is 0 Å². The van der Waals surface area contributed by atoms with Crippen molar-refractivity contribution in [2.75, 3.05) is 26.4 Å². The summed E-state index contributed by atoms with van der Waals surface area (Å²) < 4.78 is 17.8. The number of hydrogen-bond acceptors (Lipinski definition) is 4. The van der Waals surface area contributed by atoms with E-state index in [9.17, 15) is 0 Å². The van der Waals surface area contributed by atoms with E-state index in [1.807, 2.05) is 0 Å². The quantitative estimate of drug-likeness (QED) is 0.817. The first-order chi connectivity index (χ1) is 8.79. The Morgan fingerprint density at radius 2 is 1.72 bits per heavy atom. The van der Waals surface area contributed by atoms with Gasteiger partial charge in [0.1, 0.15) is 0 Å². The zero-order chi connectivity index (χ0) is 12.5. The molecule has 0 amide bonds. The third-order valence-electron chi connectivity index (χ3n) is 4.77. The van der Waals surface area contributed by atoms with Gasteiger partial charge in [-0.15, -0.1) is 0 Å². The lowest BCUT2D eigenvalue weighted by molar-refractivity contribution is -0.222. The van der Waals surface area contributed by atoms with Gasteiger partial charge in [0.15, 0.2) is 5.79 Å². The van der Waals surface area contributed by atoms with Gasteiger partial charge in [-0.3, -0.25) is 0 Å². The topological polar surface area (TPSA) is 39.7 Å². The fourth-order valence-corrected chi connectivity index (χ4v) is 3.76. The number of nitrogens with one attached hydrogen (secondary N) is 1. The van der Waals surface area contributed by atoms with Crippen LogP contribution < -0.4 is 5.32 Å². The summed E-state index contributed by atoms with van der Waals surface area (Å²) >= 11 is 0. The average Bonchev–Trinajstić information content (AvgIpc) is 2.85. The van der Waals surface area contributed by atoms with E-state index in [0.29, 0.717) is 6.04 Å².